The summed E-state index contributed by atoms with van der Waals surface area (Å²) in [6.45, 7) is 13.2. The second-order valence-corrected chi connectivity index (χ2v) is 6.13. The highest BCUT2D eigenvalue weighted by Gasteiger charge is 2.27. The van der Waals surface area contributed by atoms with Gasteiger partial charge in [0, 0.05) is 13.1 Å². The van der Waals surface area contributed by atoms with Crippen molar-refractivity contribution in [3.05, 3.63) is 23.4 Å². The molecule has 1 saturated heterocycles. The zero-order valence-electron chi connectivity index (χ0n) is 12.3. The number of hydrogen-bond acceptors (Lipinski definition) is 2. The molecule has 2 unspecified atom stereocenters. The number of nitrogens with zero attached hydrogens (tertiary/aromatic N) is 1. The number of ether oxygens (including phenoxy) is 1. The maximum atomic E-state index is 5.42. The van der Waals surface area contributed by atoms with Crippen LogP contribution < -0.4 is 0 Å². The zero-order valence-corrected chi connectivity index (χ0v) is 12.3. The Morgan fingerprint density at radius 2 is 2.00 bits per heavy atom. The summed E-state index contributed by atoms with van der Waals surface area (Å²) in [6.07, 6.45) is 6.10. The lowest BCUT2D eigenvalue weighted by Gasteiger charge is -2.35. The van der Waals surface area contributed by atoms with E-state index in [2.05, 4.69) is 44.9 Å². The summed E-state index contributed by atoms with van der Waals surface area (Å²) in [7, 11) is 0. The highest BCUT2D eigenvalue weighted by Crippen LogP contribution is 2.37. The van der Waals surface area contributed by atoms with Crippen molar-refractivity contribution in [2.75, 3.05) is 26.3 Å². The molecule has 0 aromatic rings. The third-order valence-corrected chi connectivity index (χ3v) is 4.21. The van der Waals surface area contributed by atoms with E-state index in [1.165, 1.54) is 6.42 Å². The molecular weight excluding hydrogens is 222 g/mol. The normalized spacial score (nSPS) is 31.9. The molecule has 1 aliphatic heterocycles. The molecule has 2 atom stereocenters. The molecule has 0 saturated carbocycles. The van der Waals surface area contributed by atoms with Gasteiger partial charge >= 0.3 is 0 Å². The quantitative estimate of drug-likeness (QED) is 0.695. The van der Waals surface area contributed by atoms with Crippen LogP contribution in [0.2, 0.25) is 0 Å². The highest BCUT2D eigenvalue weighted by atomic mass is 16.5. The Morgan fingerprint density at radius 1 is 1.33 bits per heavy atom. The summed E-state index contributed by atoms with van der Waals surface area (Å²) in [5.41, 5.74) is 3.18. The fourth-order valence-corrected chi connectivity index (χ4v) is 3.14. The van der Waals surface area contributed by atoms with Gasteiger partial charge in [-0.15, -0.1) is 0 Å². The van der Waals surface area contributed by atoms with Crippen molar-refractivity contribution in [3.8, 4) is 0 Å². The van der Waals surface area contributed by atoms with Crippen molar-refractivity contribution in [3.63, 3.8) is 0 Å². The lowest BCUT2D eigenvalue weighted by Crippen LogP contribution is -2.34. The third-order valence-electron chi connectivity index (χ3n) is 4.21. The van der Waals surface area contributed by atoms with Crippen molar-refractivity contribution >= 4 is 0 Å². The van der Waals surface area contributed by atoms with Crippen LogP contribution in [0.1, 0.15) is 34.1 Å². The molecule has 0 N–H and O–H groups in total. The molecule has 18 heavy (non-hydrogen) atoms. The third kappa shape index (κ3) is 3.17. The van der Waals surface area contributed by atoms with E-state index in [1.807, 2.05) is 0 Å². The van der Waals surface area contributed by atoms with Crippen LogP contribution in [0.25, 0.3) is 0 Å². The number of morpholine rings is 1. The van der Waals surface area contributed by atoms with Crippen LogP contribution in [0.4, 0.5) is 0 Å². The molecule has 1 fully saturated rings. The van der Waals surface area contributed by atoms with E-state index in [0.29, 0.717) is 11.8 Å². The maximum absolute atomic E-state index is 5.42. The summed E-state index contributed by atoms with van der Waals surface area (Å²) >= 11 is 0. The standard InChI is InChI=1S/C16H27NO/c1-12(2)15-10-13(3)9-14(4)16(15)11-17-5-7-18-8-6-17/h9,11-12,14-15H,5-8,10H2,1-4H3. The van der Waals surface area contributed by atoms with Crippen molar-refractivity contribution in [1.82, 2.24) is 4.90 Å². The molecule has 102 valence electrons. The summed E-state index contributed by atoms with van der Waals surface area (Å²) in [5.74, 6) is 2.03. The smallest absolute Gasteiger partial charge is 0.0642 e. The minimum atomic E-state index is 0.592. The van der Waals surface area contributed by atoms with Gasteiger partial charge in [0.1, 0.15) is 0 Å². The Bertz CT molecular complexity index is 337. The minimum Gasteiger partial charge on any atom is -0.378 e. The first-order valence-corrected chi connectivity index (χ1v) is 7.28. The highest BCUT2D eigenvalue weighted by molar-refractivity contribution is 5.25. The van der Waals surface area contributed by atoms with Gasteiger partial charge in [-0.05, 0) is 42.9 Å². The Kier molecular flexibility index (Phi) is 4.50. The second-order valence-electron chi connectivity index (χ2n) is 6.13. The van der Waals surface area contributed by atoms with Gasteiger partial charge in [-0.1, -0.05) is 32.4 Å². The molecule has 0 aromatic carbocycles. The average molecular weight is 249 g/mol. The molecule has 1 heterocycles. The lowest BCUT2D eigenvalue weighted by molar-refractivity contribution is 0.0583. The Hall–Kier alpha value is -0.760. The molecule has 2 heteroatoms. The number of hydrogen-bond donors (Lipinski definition) is 0. The van der Waals surface area contributed by atoms with Gasteiger partial charge in [-0.3, -0.25) is 0 Å². The van der Waals surface area contributed by atoms with E-state index in [4.69, 9.17) is 4.74 Å². The van der Waals surface area contributed by atoms with Crippen LogP contribution in [-0.4, -0.2) is 31.2 Å². The Labute approximate surface area is 112 Å². The largest absolute Gasteiger partial charge is 0.378 e. The van der Waals surface area contributed by atoms with Crippen LogP contribution in [0.5, 0.6) is 0 Å². The maximum Gasteiger partial charge on any atom is 0.0642 e. The molecule has 0 bridgehead atoms. The van der Waals surface area contributed by atoms with Crippen LogP contribution in [0.3, 0.4) is 0 Å². The molecule has 2 aliphatic rings. The summed E-state index contributed by atoms with van der Waals surface area (Å²) in [5, 5.41) is 0. The first-order chi connectivity index (χ1) is 8.58. The van der Waals surface area contributed by atoms with E-state index >= 15 is 0 Å². The summed E-state index contributed by atoms with van der Waals surface area (Å²) in [6, 6.07) is 0. The zero-order chi connectivity index (χ0) is 13.1. The summed E-state index contributed by atoms with van der Waals surface area (Å²) in [4.78, 5) is 2.44. The van der Waals surface area contributed by atoms with Crippen LogP contribution >= 0.6 is 0 Å². The predicted molar refractivity (Wildman–Crippen MR) is 76.3 cm³/mol. The van der Waals surface area contributed by atoms with E-state index in [0.717, 1.165) is 32.2 Å². The monoisotopic (exact) mass is 249 g/mol. The predicted octanol–water partition coefficient (Wildman–Crippen LogP) is 3.46. The lowest BCUT2D eigenvalue weighted by atomic mass is 9.74. The second kappa shape index (κ2) is 5.92. The molecule has 2 nitrogen and oxygen atoms in total. The van der Waals surface area contributed by atoms with Crippen molar-refractivity contribution in [2.45, 2.75) is 34.1 Å². The molecule has 0 aromatic heterocycles. The van der Waals surface area contributed by atoms with E-state index in [-0.39, 0.29) is 0 Å². The van der Waals surface area contributed by atoms with Crippen LogP contribution in [-0.2, 0) is 4.74 Å². The molecular formula is C16H27NO. The molecule has 0 radical (unpaired) electrons. The SMILES string of the molecule is CC1=CC(C)C(=CN2CCOCC2)C(C(C)C)C1. The van der Waals surface area contributed by atoms with Gasteiger partial charge < -0.3 is 9.64 Å². The van der Waals surface area contributed by atoms with E-state index in [9.17, 15) is 0 Å². The number of allylic oxidation sites excluding steroid dienone is 3. The van der Waals surface area contributed by atoms with Crippen molar-refractivity contribution < 1.29 is 4.74 Å². The Balaban J connectivity index is 2.18. The molecule has 2 rings (SSSR count). The van der Waals surface area contributed by atoms with Crippen LogP contribution in [0.15, 0.2) is 23.4 Å². The van der Waals surface area contributed by atoms with Gasteiger partial charge in [0.2, 0.25) is 0 Å². The van der Waals surface area contributed by atoms with E-state index < -0.39 is 0 Å². The molecule has 0 spiro atoms. The van der Waals surface area contributed by atoms with Gasteiger partial charge in [-0.2, -0.15) is 0 Å². The molecule has 1 aliphatic carbocycles. The first kappa shape index (κ1) is 13.7. The minimum absolute atomic E-state index is 0.592. The van der Waals surface area contributed by atoms with Gasteiger partial charge in [0.25, 0.3) is 0 Å². The average Bonchev–Trinajstić information content (AvgIpc) is 2.33. The van der Waals surface area contributed by atoms with Gasteiger partial charge in [0.05, 0.1) is 13.2 Å². The fourth-order valence-electron chi connectivity index (χ4n) is 3.14. The first-order valence-electron chi connectivity index (χ1n) is 7.28. The number of rotatable bonds is 2. The topological polar surface area (TPSA) is 12.5 Å². The fraction of sp³-hybridized carbons (Fsp3) is 0.750. The van der Waals surface area contributed by atoms with Gasteiger partial charge in [-0.25, -0.2) is 0 Å². The van der Waals surface area contributed by atoms with Crippen LogP contribution in [0, 0.1) is 17.8 Å². The van der Waals surface area contributed by atoms with Crippen molar-refractivity contribution in [2.24, 2.45) is 17.8 Å². The Morgan fingerprint density at radius 3 is 2.61 bits per heavy atom. The van der Waals surface area contributed by atoms with Gasteiger partial charge in [0.15, 0.2) is 0 Å². The summed E-state index contributed by atoms with van der Waals surface area (Å²) < 4.78 is 5.42. The molecule has 0 amide bonds. The van der Waals surface area contributed by atoms with Crippen molar-refractivity contribution in [1.29, 1.82) is 0 Å². The van der Waals surface area contributed by atoms with E-state index in [1.54, 1.807) is 11.1 Å².